The first kappa shape index (κ1) is 22.7. The number of aliphatic hydroxyl groups excluding tert-OH is 1. The number of piperazine rings is 1. The largest absolute Gasteiger partial charge is 1.00 e. The molecule has 7 heteroatoms. The summed E-state index contributed by atoms with van der Waals surface area (Å²) >= 11 is 0. The molecule has 1 fully saturated rings. The number of benzene rings is 2. The minimum atomic E-state index is -0.902. The van der Waals surface area contributed by atoms with Gasteiger partial charge in [0.2, 0.25) is 0 Å². The summed E-state index contributed by atoms with van der Waals surface area (Å²) in [6.45, 7) is 4.77. The van der Waals surface area contributed by atoms with Gasteiger partial charge in [-0.15, -0.1) is 0 Å². The van der Waals surface area contributed by atoms with Crippen molar-refractivity contribution in [3.63, 3.8) is 0 Å². The van der Waals surface area contributed by atoms with Crippen LogP contribution in [0.25, 0.3) is 0 Å². The van der Waals surface area contributed by atoms with Crippen molar-refractivity contribution in [1.29, 1.82) is 0 Å². The molecule has 0 spiro atoms. The molecular formula is C21H26N2NaO4+. The normalized spacial score (nSPS) is 15.5. The molecule has 2 aromatic carbocycles. The molecule has 3 rings (SSSR count). The van der Waals surface area contributed by atoms with Crippen LogP contribution in [0.5, 0.6) is 5.75 Å². The molecule has 2 aromatic rings. The van der Waals surface area contributed by atoms with Gasteiger partial charge in [0, 0.05) is 38.4 Å². The summed E-state index contributed by atoms with van der Waals surface area (Å²) in [5, 5.41) is 19.1. The van der Waals surface area contributed by atoms with E-state index in [0.717, 1.165) is 44.2 Å². The second-order valence-corrected chi connectivity index (χ2v) is 6.75. The van der Waals surface area contributed by atoms with E-state index in [1.807, 2.05) is 42.5 Å². The number of para-hydroxylation sites is 1. The number of hydrogen-bond donors (Lipinski definition) is 2. The molecule has 0 aromatic heterocycles. The van der Waals surface area contributed by atoms with Gasteiger partial charge in [-0.2, -0.15) is 0 Å². The number of anilines is 1. The Morgan fingerprint density at radius 3 is 2.25 bits per heavy atom. The van der Waals surface area contributed by atoms with Crippen molar-refractivity contribution in [2.24, 2.45) is 0 Å². The summed E-state index contributed by atoms with van der Waals surface area (Å²) in [6.07, 6.45) is 0.201. The van der Waals surface area contributed by atoms with E-state index in [-0.39, 0.29) is 29.6 Å². The number of rotatable bonds is 8. The van der Waals surface area contributed by atoms with E-state index in [4.69, 9.17) is 9.84 Å². The molecule has 1 aliphatic rings. The smallest absolute Gasteiger partial charge is 0.491 e. The Bertz CT molecular complexity index is 719. The van der Waals surface area contributed by atoms with Gasteiger partial charge in [-0.1, -0.05) is 18.2 Å². The maximum atomic E-state index is 10.9. The number of carboxylic acid groups (broad SMARTS) is 1. The molecule has 1 saturated heterocycles. The molecule has 1 atom stereocenters. The van der Waals surface area contributed by atoms with Crippen LogP contribution in [-0.2, 0) is 0 Å². The molecule has 0 saturated carbocycles. The van der Waals surface area contributed by atoms with Crippen LogP contribution in [-0.4, -0.2) is 66.5 Å². The van der Waals surface area contributed by atoms with Crippen LogP contribution in [0.3, 0.4) is 0 Å². The molecule has 1 heterocycles. The number of nitrogens with zero attached hydrogens (tertiary/aromatic N) is 2. The fourth-order valence-electron chi connectivity index (χ4n) is 3.17. The molecule has 2 N–H and O–H groups in total. The van der Waals surface area contributed by atoms with Gasteiger partial charge in [0.25, 0.3) is 0 Å². The summed E-state index contributed by atoms with van der Waals surface area (Å²) in [6, 6.07) is 16.5. The number of aromatic carboxylic acids is 1. The van der Waals surface area contributed by atoms with Crippen molar-refractivity contribution in [3.8, 4) is 5.75 Å². The van der Waals surface area contributed by atoms with Gasteiger partial charge in [0.05, 0.1) is 11.7 Å². The second kappa shape index (κ2) is 11.4. The van der Waals surface area contributed by atoms with E-state index in [0.29, 0.717) is 18.6 Å². The van der Waals surface area contributed by atoms with Crippen molar-refractivity contribution < 1.29 is 49.3 Å². The van der Waals surface area contributed by atoms with Crippen molar-refractivity contribution in [1.82, 2.24) is 4.90 Å². The Balaban J connectivity index is 0.00000280. The van der Waals surface area contributed by atoms with Crippen LogP contribution in [0.2, 0.25) is 0 Å². The summed E-state index contributed by atoms with van der Waals surface area (Å²) < 4.78 is 5.59. The number of carboxylic acids is 1. The Hall–Kier alpha value is -1.57. The van der Waals surface area contributed by atoms with Crippen molar-refractivity contribution in [3.05, 3.63) is 60.2 Å². The SMILES string of the molecule is O=C(O)c1ccc(N2CCN(CCC(O)COc3ccccc3)CC2)cc1.[Na+]. The van der Waals surface area contributed by atoms with E-state index < -0.39 is 12.1 Å². The Morgan fingerprint density at radius 2 is 1.64 bits per heavy atom. The molecular weight excluding hydrogens is 367 g/mol. The molecule has 0 bridgehead atoms. The zero-order valence-electron chi connectivity index (χ0n) is 16.3. The van der Waals surface area contributed by atoms with Gasteiger partial charge >= 0.3 is 35.5 Å². The van der Waals surface area contributed by atoms with Crippen LogP contribution in [0, 0.1) is 0 Å². The summed E-state index contributed by atoms with van der Waals surface area (Å²) in [7, 11) is 0. The van der Waals surface area contributed by atoms with Gasteiger partial charge < -0.3 is 19.8 Å². The maximum Gasteiger partial charge on any atom is 1.00 e. The van der Waals surface area contributed by atoms with Crippen LogP contribution >= 0.6 is 0 Å². The fraction of sp³-hybridized carbons (Fsp3) is 0.381. The average Bonchev–Trinajstić information content (AvgIpc) is 2.72. The second-order valence-electron chi connectivity index (χ2n) is 6.75. The Kier molecular flexibility index (Phi) is 9.28. The molecule has 0 radical (unpaired) electrons. The number of hydrogen-bond acceptors (Lipinski definition) is 5. The van der Waals surface area contributed by atoms with Crippen LogP contribution in [0.15, 0.2) is 54.6 Å². The van der Waals surface area contributed by atoms with Crippen LogP contribution in [0.4, 0.5) is 5.69 Å². The third kappa shape index (κ3) is 6.79. The number of ether oxygens (including phenoxy) is 1. The van der Waals surface area contributed by atoms with Gasteiger partial charge in [-0.3, -0.25) is 4.90 Å². The van der Waals surface area contributed by atoms with E-state index >= 15 is 0 Å². The van der Waals surface area contributed by atoms with E-state index in [1.165, 1.54) is 0 Å². The third-order valence-corrected chi connectivity index (χ3v) is 4.82. The zero-order valence-corrected chi connectivity index (χ0v) is 18.3. The zero-order chi connectivity index (χ0) is 19.1. The van der Waals surface area contributed by atoms with Crippen molar-refractivity contribution >= 4 is 11.7 Å². The van der Waals surface area contributed by atoms with Gasteiger partial charge in [0.1, 0.15) is 12.4 Å². The molecule has 144 valence electrons. The minimum Gasteiger partial charge on any atom is -0.491 e. The molecule has 1 unspecified atom stereocenters. The first-order chi connectivity index (χ1) is 13.1. The summed E-state index contributed by atoms with van der Waals surface area (Å²) in [4.78, 5) is 15.5. The molecule has 28 heavy (non-hydrogen) atoms. The standard InChI is InChI=1S/C21H26N2O4.Na/c24-19(16-27-20-4-2-1-3-5-20)10-11-22-12-14-23(15-13-22)18-8-6-17(7-9-18)21(25)26;/h1-9,19,24H,10-16H2,(H,25,26);/q;+1. The van der Waals surface area contributed by atoms with Gasteiger partial charge in [-0.25, -0.2) is 4.79 Å². The molecule has 1 aliphatic heterocycles. The predicted molar refractivity (Wildman–Crippen MR) is 105 cm³/mol. The average molecular weight is 393 g/mol. The summed E-state index contributed by atoms with van der Waals surface area (Å²) in [5.74, 6) is -0.125. The Morgan fingerprint density at radius 1 is 1.00 bits per heavy atom. The molecule has 0 amide bonds. The first-order valence-electron chi connectivity index (χ1n) is 9.28. The van der Waals surface area contributed by atoms with Crippen molar-refractivity contribution in [2.75, 3.05) is 44.2 Å². The quantitative estimate of drug-likeness (QED) is 0.581. The van der Waals surface area contributed by atoms with Crippen LogP contribution < -0.4 is 39.2 Å². The van der Waals surface area contributed by atoms with E-state index in [1.54, 1.807) is 12.1 Å². The summed E-state index contributed by atoms with van der Waals surface area (Å²) in [5.41, 5.74) is 1.36. The maximum absolute atomic E-state index is 10.9. The van der Waals surface area contributed by atoms with Gasteiger partial charge in [-0.05, 0) is 42.8 Å². The monoisotopic (exact) mass is 393 g/mol. The van der Waals surface area contributed by atoms with E-state index in [9.17, 15) is 9.90 Å². The molecule has 0 aliphatic carbocycles. The first-order valence-corrected chi connectivity index (χ1v) is 9.28. The van der Waals surface area contributed by atoms with E-state index in [2.05, 4.69) is 9.80 Å². The number of aliphatic hydroxyl groups is 1. The number of carbonyl (C=O) groups is 1. The van der Waals surface area contributed by atoms with Crippen molar-refractivity contribution in [2.45, 2.75) is 12.5 Å². The Labute approximate surface area is 188 Å². The molecule has 6 nitrogen and oxygen atoms in total. The van der Waals surface area contributed by atoms with Crippen LogP contribution in [0.1, 0.15) is 16.8 Å². The topological polar surface area (TPSA) is 73.2 Å². The minimum absolute atomic E-state index is 0. The fourth-order valence-corrected chi connectivity index (χ4v) is 3.17. The predicted octanol–water partition coefficient (Wildman–Crippen LogP) is -0.659. The van der Waals surface area contributed by atoms with Gasteiger partial charge in [0.15, 0.2) is 0 Å². The third-order valence-electron chi connectivity index (χ3n) is 4.82.